The molecule has 4 heteroatoms. The largest absolute Gasteiger partial charge is 0.473 e. The maximum Gasteiger partial charge on any atom is 0.213 e. The third-order valence-corrected chi connectivity index (χ3v) is 3.09. The second-order valence-corrected chi connectivity index (χ2v) is 4.74. The normalized spacial score (nSPS) is 10.2. The van der Waals surface area contributed by atoms with Crippen LogP contribution >= 0.6 is 27.5 Å². The topological polar surface area (TPSA) is 22.1 Å². The van der Waals surface area contributed by atoms with Crippen LogP contribution in [0.25, 0.3) is 0 Å². The minimum Gasteiger partial charge on any atom is -0.473 e. The van der Waals surface area contributed by atoms with Crippen molar-refractivity contribution in [2.24, 2.45) is 0 Å². The molecule has 2 aromatic rings. The first kappa shape index (κ1) is 12.4. The number of pyridine rings is 1. The highest BCUT2D eigenvalue weighted by Crippen LogP contribution is 2.14. The Morgan fingerprint density at radius 3 is 2.35 bits per heavy atom. The Hall–Kier alpha value is -1.06. The second-order valence-electron chi connectivity index (χ2n) is 3.55. The standard InChI is InChI=1S/C13H11BrClNO/c14-12-4-1-10(2-5-12)9-17-13-6-3-11(7-15)8-16-13/h1-6,8H,7,9H2. The molecule has 88 valence electrons. The van der Waals surface area contributed by atoms with E-state index in [0.29, 0.717) is 18.4 Å². The molecule has 1 aromatic heterocycles. The van der Waals surface area contributed by atoms with Crippen LogP contribution in [0.5, 0.6) is 5.88 Å². The lowest BCUT2D eigenvalue weighted by molar-refractivity contribution is 0.294. The summed E-state index contributed by atoms with van der Waals surface area (Å²) in [5, 5.41) is 0. The van der Waals surface area contributed by atoms with Crippen molar-refractivity contribution in [3.05, 3.63) is 58.2 Å². The molecular weight excluding hydrogens is 302 g/mol. The van der Waals surface area contributed by atoms with Crippen molar-refractivity contribution in [3.8, 4) is 5.88 Å². The number of aromatic nitrogens is 1. The molecule has 0 saturated heterocycles. The smallest absolute Gasteiger partial charge is 0.213 e. The minimum absolute atomic E-state index is 0.472. The Bertz CT molecular complexity index is 470. The number of rotatable bonds is 4. The molecule has 1 aromatic carbocycles. The summed E-state index contributed by atoms with van der Waals surface area (Å²) in [5.41, 5.74) is 2.10. The van der Waals surface area contributed by atoms with Crippen molar-refractivity contribution in [3.63, 3.8) is 0 Å². The van der Waals surface area contributed by atoms with Crippen molar-refractivity contribution < 1.29 is 4.74 Å². The van der Waals surface area contributed by atoms with Gasteiger partial charge in [-0.3, -0.25) is 0 Å². The minimum atomic E-state index is 0.472. The van der Waals surface area contributed by atoms with Gasteiger partial charge in [-0.2, -0.15) is 0 Å². The van der Waals surface area contributed by atoms with Crippen LogP contribution in [0.1, 0.15) is 11.1 Å². The zero-order valence-electron chi connectivity index (χ0n) is 9.07. The van der Waals surface area contributed by atoms with E-state index in [1.54, 1.807) is 6.20 Å². The zero-order chi connectivity index (χ0) is 12.1. The van der Waals surface area contributed by atoms with E-state index >= 15 is 0 Å². The van der Waals surface area contributed by atoms with Gasteiger partial charge in [0.25, 0.3) is 0 Å². The number of alkyl halides is 1. The van der Waals surface area contributed by atoms with E-state index in [2.05, 4.69) is 20.9 Å². The summed E-state index contributed by atoms with van der Waals surface area (Å²) in [6.45, 7) is 0.514. The van der Waals surface area contributed by atoms with Crippen molar-refractivity contribution in [2.45, 2.75) is 12.5 Å². The maximum atomic E-state index is 5.68. The third-order valence-electron chi connectivity index (χ3n) is 2.25. The first-order valence-electron chi connectivity index (χ1n) is 5.16. The van der Waals surface area contributed by atoms with E-state index in [-0.39, 0.29) is 0 Å². The van der Waals surface area contributed by atoms with E-state index in [0.717, 1.165) is 15.6 Å². The van der Waals surface area contributed by atoms with Gasteiger partial charge in [-0.25, -0.2) is 4.98 Å². The Morgan fingerprint density at radius 2 is 1.76 bits per heavy atom. The fraction of sp³-hybridized carbons (Fsp3) is 0.154. The molecule has 0 saturated carbocycles. The number of ether oxygens (including phenoxy) is 1. The van der Waals surface area contributed by atoms with Crippen LogP contribution in [0.4, 0.5) is 0 Å². The Morgan fingerprint density at radius 1 is 1.06 bits per heavy atom. The van der Waals surface area contributed by atoms with Gasteiger partial charge in [0.2, 0.25) is 5.88 Å². The molecule has 0 atom stereocenters. The summed E-state index contributed by atoms with van der Waals surface area (Å²) < 4.78 is 6.62. The van der Waals surface area contributed by atoms with E-state index in [9.17, 15) is 0 Å². The molecule has 0 aliphatic carbocycles. The van der Waals surface area contributed by atoms with Crippen LogP contribution in [0.15, 0.2) is 47.1 Å². The molecule has 0 spiro atoms. The Labute approximate surface area is 114 Å². The lowest BCUT2D eigenvalue weighted by Gasteiger charge is -2.05. The van der Waals surface area contributed by atoms with Gasteiger partial charge >= 0.3 is 0 Å². The zero-order valence-corrected chi connectivity index (χ0v) is 11.4. The van der Waals surface area contributed by atoms with Gasteiger partial charge in [-0.1, -0.05) is 34.1 Å². The molecule has 1 heterocycles. The van der Waals surface area contributed by atoms with Crippen LogP contribution in [0.3, 0.4) is 0 Å². The summed E-state index contributed by atoms with van der Waals surface area (Å²) in [6.07, 6.45) is 1.73. The highest BCUT2D eigenvalue weighted by molar-refractivity contribution is 9.10. The molecule has 17 heavy (non-hydrogen) atoms. The number of hydrogen-bond acceptors (Lipinski definition) is 2. The number of hydrogen-bond donors (Lipinski definition) is 0. The molecule has 0 aliphatic rings. The fourth-order valence-electron chi connectivity index (χ4n) is 1.31. The van der Waals surface area contributed by atoms with Gasteiger partial charge in [-0.15, -0.1) is 11.6 Å². The molecule has 0 radical (unpaired) electrons. The predicted molar refractivity (Wildman–Crippen MR) is 72.3 cm³/mol. The van der Waals surface area contributed by atoms with Crippen LogP contribution < -0.4 is 4.74 Å². The first-order valence-corrected chi connectivity index (χ1v) is 6.49. The molecule has 0 unspecified atom stereocenters. The maximum absolute atomic E-state index is 5.68. The molecular formula is C13H11BrClNO. The highest BCUT2D eigenvalue weighted by atomic mass is 79.9. The lowest BCUT2D eigenvalue weighted by Crippen LogP contribution is -1.97. The number of nitrogens with zero attached hydrogens (tertiary/aromatic N) is 1. The lowest BCUT2D eigenvalue weighted by atomic mass is 10.2. The summed E-state index contributed by atoms with van der Waals surface area (Å²) in [5.74, 6) is 1.08. The van der Waals surface area contributed by atoms with Crippen molar-refractivity contribution in [1.82, 2.24) is 4.98 Å². The number of benzene rings is 1. The predicted octanol–water partition coefficient (Wildman–Crippen LogP) is 4.16. The third kappa shape index (κ3) is 3.72. The van der Waals surface area contributed by atoms with Gasteiger partial charge in [-0.05, 0) is 23.3 Å². The molecule has 0 bridgehead atoms. The average Bonchev–Trinajstić information content (AvgIpc) is 2.39. The van der Waals surface area contributed by atoms with Crippen LogP contribution in [-0.2, 0) is 12.5 Å². The van der Waals surface area contributed by atoms with Gasteiger partial charge < -0.3 is 4.74 Å². The van der Waals surface area contributed by atoms with E-state index in [4.69, 9.17) is 16.3 Å². The van der Waals surface area contributed by atoms with Gasteiger partial charge in [0.15, 0.2) is 0 Å². The van der Waals surface area contributed by atoms with Crippen molar-refractivity contribution >= 4 is 27.5 Å². The van der Waals surface area contributed by atoms with Gasteiger partial charge in [0, 0.05) is 22.6 Å². The van der Waals surface area contributed by atoms with Gasteiger partial charge in [0.1, 0.15) is 6.61 Å². The average molecular weight is 313 g/mol. The summed E-state index contributed by atoms with van der Waals surface area (Å²) in [4.78, 5) is 4.17. The van der Waals surface area contributed by atoms with Crippen LogP contribution in [0, 0.1) is 0 Å². The van der Waals surface area contributed by atoms with Crippen LogP contribution in [-0.4, -0.2) is 4.98 Å². The first-order chi connectivity index (χ1) is 8.28. The number of halogens is 2. The van der Waals surface area contributed by atoms with Gasteiger partial charge in [0.05, 0.1) is 0 Å². The summed E-state index contributed by atoms with van der Waals surface area (Å²) in [6, 6.07) is 11.7. The molecule has 0 aliphatic heterocycles. The molecule has 2 rings (SSSR count). The molecule has 2 nitrogen and oxygen atoms in total. The SMILES string of the molecule is ClCc1ccc(OCc2ccc(Br)cc2)nc1. The monoisotopic (exact) mass is 311 g/mol. The van der Waals surface area contributed by atoms with E-state index in [1.807, 2.05) is 36.4 Å². The Kier molecular flexibility index (Phi) is 4.40. The molecule has 0 N–H and O–H groups in total. The summed E-state index contributed by atoms with van der Waals surface area (Å²) >= 11 is 9.07. The van der Waals surface area contributed by atoms with Crippen molar-refractivity contribution in [2.75, 3.05) is 0 Å². The fourth-order valence-corrected chi connectivity index (χ4v) is 1.74. The molecule has 0 fully saturated rings. The van der Waals surface area contributed by atoms with Crippen molar-refractivity contribution in [1.29, 1.82) is 0 Å². The van der Waals surface area contributed by atoms with E-state index < -0.39 is 0 Å². The highest BCUT2D eigenvalue weighted by Gasteiger charge is 1.98. The Balaban J connectivity index is 1.95. The summed E-state index contributed by atoms with van der Waals surface area (Å²) in [7, 11) is 0. The molecule has 0 amide bonds. The second kappa shape index (κ2) is 6.03. The van der Waals surface area contributed by atoms with E-state index in [1.165, 1.54) is 0 Å². The quantitative estimate of drug-likeness (QED) is 0.791. The van der Waals surface area contributed by atoms with Crippen LogP contribution in [0.2, 0.25) is 0 Å².